The fourth-order valence-electron chi connectivity index (χ4n) is 3.96. The minimum atomic E-state index is -3.82. The van der Waals surface area contributed by atoms with Gasteiger partial charge in [0, 0.05) is 5.69 Å². The summed E-state index contributed by atoms with van der Waals surface area (Å²) in [7, 11) is -3.82. The van der Waals surface area contributed by atoms with Crippen LogP contribution in [0.5, 0.6) is 0 Å². The van der Waals surface area contributed by atoms with Gasteiger partial charge in [-0.05, 0) is 94.7 Å². The molecule has 0 bridgehead atoms. The molecule has 0 atom stereocenters. The zero-order chi connectivity index (χ0) is 28.9. The Labute approximate surface area is 238 Å². The molecule has 1 aromatic heterocycles. The van der Waals surface area contributed by atoms with Crippen LogP contribution in [0.3, 0.4) is 0 Å². The van der Waals surface area contributed by atoms with Gasteiger partial charge >= 0.3 is 11.9 Å². The van der Waals surface area contributed by atoms with Crippen molar-refractivity contribution in [1.29, 1.82) is 0 Å². The Kier molecular flexibility index (Phi) is 9.70. The summed E-state index contributed by atoms with van der Waals surface area (Å²) < 4.78 is 38.9. The number of aryl methyl sites for hydroxylation is 3. The lowest BCUT2D eigenvalue weighted by atomic mass is 10.1. The number of anilines is 3. The van der Waals surface area contributed by atoms with Crippen LogP contribution in [-0.2, 0) is 19.5 Å². The quantitative estimate of drug-likeness (QED) is 0.205. The second kappa shape index (κ2) is 12.6. The molecule has 0 aliphatic heterocycles. The first kappa shape index (κ1) is 30.1. The Hall–Kier alpha value is -3.48. The summed E-state index contributed by atoms with van der Waals surface area (Å²) in [6, 6.07) is 9.92. The highest BCUT2D eigenvalue weighted by molar-refractivity contribution is 7.92. The molecule has 0 saturated heterocycles. The molecule has 0 amide bonds. The average Bonchev–Trinajstić information content (AvgIpc) is 3.17. The van der Waals surface area contributed by atoms with E-state index in [-0.39, 0.29) is 33.7 Å². The summed E-state index contributed by atoms with van der Waals surface area (Å²) in [6.07, 6.45) is 0. The smallest absolute Gasteiger partial charge is 0.348 e. The minimum absolute atomic E-state index is 0.0869. The van der Waals surface area contributed by atoms with Crippen LogP contribution in [0.2, 0.25) is 0 Å². The van der Waals surface area contributed by atoms with Gasteiger partial charge in [0.2, 0.25) is 0 Å². The summed E-state index contributed by atoms with van der Waals surface area (Å²) in [5, 5.41) is 6.39. The van der Waals surface area contributed by atoms with Crippen LogP contribution in [-0.4, -0.2) is 38.7 Å². The number of carbonyl (C=O) groups is 2. The normalized spacial score (nSPS) is 11.0. The first-order valence-electron chi connectivity index (χ1n) is 12.1. The van der Waals surface area contributed by atoms with Crippen LogP contribution < -0.4 is 15.4 Å². The Morgan fingerprint density at radius 2 is 1.46 bits per heavy atom. The average molecular weight is 590 g/mol. The summed E-state index contributed by atoms with van der Waals surface area (Å²) >= 11 is 6.45. The fraction of sp³-hybridized carbons (Fsp3) is 0.296. The second-order valence-corrected chi connectivity index (χ2v) is 11.8. The molecular weight excluding hydrogens is 559 g/mol. The van der Waals surface area contributed by atoms with Crippen LogP contribution in [0.25, 0.3) is 0 Å². The first-order chi connectivity index (χ1) is 18.4. The van der Waals surface area contributed by atoms with Gasteiger partial charge in [-0.2, -0.15) is 0 Å². The number of ether oxygens (including phenoxy) is 2. The topological polar surface area (TPSA) is 123 Å². The molecule has 0 spiro atoms. The molecule has 3 rings (SSSR count). The van der Waals surface area contributed by atoms with E-state index >= 15 is 0 Å². The highest BCUT2D eigenvalue weighted by Crippen LogP contribution is 2.34. The number of thiophene rings is 1. The molecule has 0 aliphatic carbocycles. The predicted molar refractivity (Wildman–Crippen MR) is 159 cm³/mol. The highest BCUT2D eigenvalue weighted by atomic mass is 32.2. The maximum Gasteiger partial charge on any atom is 0.348 e. The molecule has 2 aromatic carbocycles. The number of benzene rings is 2. The van der Waals surface area contributed by atoms with Crippen molar-refractivity contribution in [3.05, 3.63) is 69.1 Å². The predicted octanol–water partition coefficient (Wildman–Crippen LogP) is 5.94. The van der Waals surface area contributed by atoms with E-state index in [9.17, 15) is 18.0 Å². The molecule has 39 heavy (non-hydrogen) atoms. The number of nitrogens with one attached hydrogen (secondary N) is 3. The van der Waals surface area contributed by atoms with Gasteiger partial charge in [-0.25, -0.2) is 18.0 Å². The van der Waals surface area contributed by atoms with Crippen molar-refractivity contribution >= 4 is 67.0 Å². The van der Waals surface area contributed by atoms with Gasteiger partial charge in [0.05, 0.1) is 29.4 Å². The van der Waals surface area contributed by atoms with Gasteiger partial charge in [-0.15, -0.1) is 11.3 Å². The molecule has 0 saturated carbocycles. The largest absolute Gasteiger partial charge is 0.462 e. The summed E-state index contributed by atoms with van der Waals surface area (Å²) in [4.78, 5) is 25.3. The Balaban J connectivity index is 1.78. The van der Waals surface area contributed by atoms with Crippen LogP contribution in [0, 0.1) is 27.7 Å². The van der Waals surface area contributed by atoms with E-state index in [1.165, 1.54) is 12.1 Å². The van der Waals surface area contributed by atoms with E-state index in [4.69, 9.17) is 21.7 Å². The summed E-state index contributed by atoms with van der Waals surface area (Å²) in [5.74, 6) is -1.13. The Morgan fingerprint density at radius 1 is 0.897 bits per heavy atom. The minimum Gasteiger partial charge on any atom is -0.462 e. The van der Waals surface area contributed by atoms with Gasteiger partial charge in [0.15, 0.2) is 5.11 Å². The van der Waals surface area contributed by atoms with Gasteiger partial charge in [-0.1, -0.05) is 17.7 Å². The lowest BCUT2D eigenvalue weighted by Crippen LogP contribution is -2.20. The van der Waals surface area contributed by atoms with Crippen molar-refractivity contribution in [3.8, 4) is 0 Å². The number of hydrogen-bond donors (Lipinski definition) is 3. The number of carbonyl (C=O) groups excluding carboxylic acids is 2. The van der Waals surface area contributed by atoms with E-state index in [1.807, 2.05) is 32.9 Å². The maximum absolute atomic E-state index is 13.0. The van der Waals surface area contributed by atoms with E-state index in [0.717, 1.165) is 28.0 Å². The van der Waals surface area contributed by atoms with Crippen LogP contribution in [0.4, 0.5) is 16.4 Å². The molecule has 0 unspecified atom stereocenters. The van der Waals surface area contributed by atoms with Crippen LogP contribution in [0.15, 0.2) is 41.3 Å². The molecule has 3 N–H and O–H groups in total. The third kappa shape index (κ3) is 7.14. The van der Waals surface area contributed by atoms with E-state index in [1.54, 1.807) is 32.9 Å². The third-order valence-electron chi connectivity index (χ3n) is 5.65. The number of thiocarbonyl (C=S) groups is 1. The number of sulfonamides is 1. The first-order valence-corrected chi connectivity index (χ1v) is 14.8. The van der Waals surface area contributed by atoms with Crippen molar-refractivity contribution in [2.45, 2.75) is 46.4 Å². The van der Waals surface area contributed by atoms with Crippen molar-refractivity contribution in [2.24, 2.45) is 0 Å². The zero-order valence-corrected chi connectivity index (χ0v) is 25.0. The number of rotatable bonds is 9. The lowest BCUT2D eigenvalue weighted by molar-refractivity contribution is 0.0527. The Morgan fingerprint density at radius 3 is 2.03 bits per heavy atom. The molecule has 0 aliphatic rings. The van der Waals surface area contributed by atoms with Gasteiger partial charge in [0.25, 0.3) is 10.0 Å². The van der Waals surface area contributed by atoms with Crippen molar-refractivity contribution in [1.82, 2.24) is 0 Å². The van der Waals surface area contributed by atoms with Crippen molar-refractivity contribution in [2.75, 3.05) is 28.6 Å². The zero-order valence-electron chi connectivity index (χ0n) is 22.6. The van der Waals surface area contributed by atoms with Crippen LogP contribution >= 0.6 is 23.6 Å². The monoisotopic (exact) mass is 589 g/mol. The molecule has 9 nitrogen and oxygen atoms in total. The standard InChI is InChI=1S/C27H31N3O6S3/c1-7-35-25(31)21-18(6)23(26(32)36-8-2)38-24(21)29-27(37)28-19-9-11-20(12-10-19)39(33,34)30-22-16(4)13-15(3)14-17(22)5/h9-14,30H,7-8H2,1-6H3,(H2,28,29,37). The lowest BCUT2D eigenvalue weighted by Gasteiger charge is -2.15. The third-order valence-corrected chi connectivity index (χ3v) is 8.41. The molecule has 0 radical (unpaired) electrons. The fourth-order valence-corrected chi connectivity index (χ4v) is 6.54. The van der Waals surface area contributed by atoms with Gasteiger partial charge in [0.1, 0.15) is 9.88 Å². The highest BCUT2D eigenvalue weighted by Gasteiger charge is 2.27. The van der Waals surface area contributed by atoms with Crippen molar-refractivity contribution in [3.63, 3.8) is 0 Å². The van der Waals surface area contributed by atoms with Gasteiger partial charge in [-0.3, -0.25) is 4.72 Å². The van der Waals surface area contributed by atoms with E-state index in [0.29, 0.717) is 21.9 Å². The molecule has 12 heteroatoms. The second-order valence-electron chi connectivity index (χ2n) is 8.68. The van der Waals surface area contributed by atoms with Gasteiger partial charge < -0.3 is 20.1 Å². The molecule has 208 valence electrons. The van der Waals surface area contributed by atoms with Crippen LogP contribution in [0.1, 0.15) is 56.1 Å². The maximum atomic E-state index is 13.0. The van der Waals surface area contributed by atoms with E-state index in [2.05, 4.69) is 15.4 Å². The number of esters is 2. The molecule has 1 heterocycles. The summed E-state index contributed by atoms with van der Waals surface area (Å²) in [5.41, 5.74) is 4.43. The summed E-state index contributed by atoms with van der Waals surface area (Å²) in [6.45, 7) is 11.1. The SMILES string of the molecule is CCOC(=O)c1sc(NC(=S)Nc2ccc(S(=O)(=O)Nc3c(C)cc(C)cc3C)cc2)c(C(=O)OCC)c1C. The molecule has 3 aromatic rings. The molecule has 0 fully saturated rings. The van der Waals surface area contributed by atoms with Crippen molar-refractivity contribution < 1.29 is 27.5 Å². The Bertz CT molecular complexity index is 1490. The molecular formula is C27H31N3O6S3. The van der Waals surface area contributed by atoms with E-state index < -0.39 is 22.0 Å². The number of hydrogen-bond acceptors (Lipinski definition) is 8.